The standard InChI is InChI=1S/C31H32Cl4N2O2S/c32-23-15-14-22(28(35)17-23)18-37(30(38)20-40-19-25-26(33)12-7-13-27(25)34)29(16-21-8-3-1-4-9-21)31(39)36-24-10-5-2-6-11-24/h1,3-4,7-9,12-15,17,24,29H,2,5-6,10-11,16,18-20H2,(H,36,39)/t29-/m1/s1. The van der Waals surface area contributed by atoms with Crippen molar-refractivity contribution in [1.82, 2.24) is 10.2 Å². The average molecular weight is 638 g/mol. The fourth-order valence-electron chi connectivity index (χ4n) is 4.93. The number of hydrogen-bond donors (Lipinski definition) is 1. The first kappa shape index (κ1) is 31.1. The number of amides is 2. The van der Waals surface area contributed by atoms with E-state index in [9.17, 15) is 9.59 Å². The van der Waals surface area contributed by atoms with Crippen molar-refractivity contribution >= 4 is 70.0 Å². The molecule has 0 spiro atoms. The monoisotopic (exact) mass is 636 g/mol. The summed E-state index contributed by atoms with van der Waals surface area (Å²) < 4.78 is 0. The van der Waals surface area contributed by atoms with Crippen molar-refractivity contribution in [2.24, 2.45) is 0 Å². The second kappa shape index (κ2) is 15.4. The molecule has 2 amide bonds. The van der Waals surface area contributed by atoms with E-state index >= 15 is 0 Å². The van der Waals surface area contributed by atoms with Crippen molar-refractivity contribution in [2.75, 3.05) is 5.75 Å². The van der Waals surface area contributed by atoms with Crippen molar-refractivity contribution in [2.45, 2.75) is 62.9 Å². The van der Waals surface area contributed by atoms with Crippen LogP contribution >= 0.6 is 58.2 Å². The smallest absolute Gasteiger partial charge is 0.243 e. The normalized spacial score (nSPS) is 14.5. The van der Waals surface area contributed by atoms with Gasteiger partial charge >= 0.3 is 0 Å². The fraction of sp³-hybridized carbons (Fsp3) is 0.355. The maximum atomic E-state index is 13.9. The van der Waals surface area contributed by atoms with Gasteiger partial charge < -0.3 is 10.2 Å². The van der Waals surface area contributed by atoms with E-state index in [1.165, 1.54) is 18.2 Å². The van der Waals surface area contributed by atoms with Gasteiger partial charge in [-0.25, -0.2) is 0 Å². The SMILES string of the molecule is O=C(NC1CCCCC1)[C@@H](Cc1ccccc1)N(Cc1ccc(Cl)cc1Cl)C(=O)CSCc1c(Cl)cccc1Cl. The highest BCUT2D eigenvalue weighted by atomic mass is 35.5. The minimum absolute atomic E-state index is 0.118. The summed E-state index contributed by atoms with van der Waals surface area (Å²) in [5.74, 6) is 0.305. The van der Waals surface area contributed by atoms with Crippen LogP contribution in [-0.4, -0.2) is 34.6 Å². The summed E-state index contributed by atoms with van der Waals surface area (Å²) in [4.78, 5) is 29.4. The molecule has 1 fully saturated rings. The number of halogens is 4. The molecule has 0 aliphatic heterocycles. The predicted molar refractivity (Wildman–Crippen MR) is 169 cm³/mol. The van der Waals surface area contributed by atoms with Crippen LogP contribution in [0.25, 0.3) is 0 Å². The van der Waals surface area contributed by atoms with Crippen molar-refractivity contribution in [3.8, 4) is 0 Å². The number of carbonyl (C=O) groups excluding carboxylic acids is 2. The van der Waals surface area contributed by atoms with Gasteiger partial charge in [-0.05, 0) is 53.8 Å². The summed E-state index contributed by atoms with van der Waals surface area (Å²) in [5.41, 5.74) is 2.48. The van der Waals surface area contributed by atoms with Gasteiger partial charge in [0.15, 0.2) is 0 Å². The first-order valence-corrected chi connectivity index (χ1v) is 16.1. The Kier molecular flexibility index (Phi) is 11.9. The van der Waals surface area contributed by atoms with E-state index in [1.807, 2.05) is 30.3 Å². The predicted octanol–water partition coefficient (Wildman–Crippen LogP) is 8.62. The molecular weight excluding hydrogens is 606 g/mol. The molecule has 1 saturated carbocycles. The second-order valence-electron chi connectivity index (χ2n) is 10.00. The van der Waals surface area contributed by atoms with Gasteiger partial charge in [-0.15, -0.1) is 11.8 Å². The first-order valence-electron chi connectivity index (χ1n) is 13.4. The maximum Gasteiger partial charge on any atom is 0.243 e. The van der Waals surface area contributed by atoms with Gasteiger partial charge in [0.05, 0.1) is 5.75 Å². The van der Waals surface area contributed by atoms with Gasteiger partial charge in [0, 0.05) is 44.9 Å². The number of nitrogens with one attached hydrogen (secondary N) is 1. The fourth-order valence-corrected chi connectivity index (χ4v) is 7.04. The minimum atomic E-state index is -0.715. The van der Waals surface area contributed by atoms with Gasteiger partial charge in [0.2, 0.25) is 11.8 Å². The van der Waals surface area contributed by atoms with E-state index < -0.39 is 6.04 Å². The number of hydrogen-bond acceptors (Lipinski definition) is 3. The summed E-state index contributed by atoms with van der Waals surface area (Å²) in [5, 5.41) is 5.33. The molecule has 4 nitrogen and oxygen atoms in total. The number of carbonyl (C=O) groups is 2. The molecule has 40 heavy (non-hydrogen) atoms. The lowest BCUT2D eigenvalue weighted by Gasteiger charge is -2.33. The zero-order valence-corrected chi connectivity index (χ0v) is 25.9. The zero-order valence-electron chi connectivity index (χ0n) is 22.1. The quantitative estimate of drug-likeness (QED) is 0.229. The first-order chi connectivity index (χ1) is 19.3. The summed E-state index contributed by atoms with van der Waals surface area (Å²) >= 11 is 26.8. The molecule has 1 aliphatic rings. The van der Waals surface area contributed by atoms with Crippen LogP contribution in [0.4, 0.5) is 0 Å². The molecule has 1 atom stereocenters. The summed E-state index contributed by atoms with van der Waals surface area (Å²) in [6.07, 6.45) is 5.67. The van der Waals surface area contributed by atoms with E-state index in [4.69, 9.17) is 46.4 Å². The molecule has 0 heterocycles. The number of rotatable bonds is 11. The Morgan fingerprint density at radius 1 is 0.875 bits per heavy atom. The minimum Gasteiger partial charge on any atom is -0.352 e. The van der Waals surface area contributed by atoms with Crippen LogP contribution in [0, 0.1) is 0 Å². The topological polar surface area (TPSA) is 49.4 Å². The molecule has 3 aromatic rings. The second-order valence-corrected chi connectivity index (χ2v) is 12.6. The molecule has 0 unspecified atom stereocenters. The Balaban J connectivity index is 1.60. The van der Waals surface area contributed by atoms with Crippen LogP contribution in [0.1, 0.15) is 48.8 Å². The van der Waals surface area contributed by atoms with Gasteiger partial charge in [-0.2, -0.15) is 0 Å². The van der Waals surface area contributed by atoms with Crippen molar-refractivity contribution in [3.05, 3.63) is 104 Å². The summed E-state index contributed by atoms with van der Waals surface area (Å²) in [6, 6.07) is 19.7. The highest BCUT2D eigenvalue weighted by Crippen LogP contribution is 2.29. The molecule has 1 aliphatic carbocycles. The number of thioether (sulfide) groups is 1. The zero-order chi connectivity index (χ0) is 28.5. The molecule has 9 heteroatoms. The Bertz CT molecular complexity index is 1280. The third-order valence-corrected chi connectivity index (χ3v) is 9.35. The van der Waals surface area contributed by atoms with Crippen molar-refractivity contribution < 1.29 is 9.59 Å². The Morgan fingerprint density at radius 2 is 1.57 bits per heavy atom. The van der Waals surface area contributed by atoms with Crippen LogP contribution < -0.4 is 5.32 Å². The lowest BCUT2D eigenvalue weighted by atomic mass is 9.94. The van der Waals surface area contributed by atoms with Crippen LogP contribution in [0.3, 0.4) is 0 Å². The lowest BCUT2D eigenvalue weighted by Crippen LogP contribution is -2.53. The number of nitrogens with zero attached hydrogens (tertiary/aromatic N) is 1. The van der Waals surface area contributed by atoms with Gasteiger partial charge in [0.1, 0.15) is 6.04 Å². The molecule has 0 radical (unpaired) electrons. The summed E-state index contributed by atoms with van der Waals surface area (Å²) in [7, 11) is 0. The van der Waals surface area contributed by atoms with E-state index in [0.717, 1.165) is 42.4 Å². The van der Waals surface area contributed by atoms with Crippen LogP contribution in [0.15, 0.2) is 66.7 Å². The van der Waals surface area contributed by atoms with Crippen LogP contribution in [0.2, 0.25) is 20.1 Å². The lowest BCUT2D eigenvalue weighted by molar-refractivity contribution is -0.139. The van der Waals surface area contributed by atoms with Crippen LogP contribution in [0.5, 0.6) is 0 Å². The Labute approximate surface area is 260 Å². The molecule has 212 valence electrons. The van der Waals surface area contributed by atoms with Crippen molar-refractivity contribution in [3.63, 3.8) is 0 Å². The van der Waals surface area contributed by atoms with Gasteiger partial charge in [0.25, 0.3) is 0 Å². The molecule has 4 rings (SSSR count). The number of benzene rings is 3. The molecule has 3 aromatic carbocycles. The Morgan fingerprint density at radius 3 is 2.25 bits per heavy atom. The summed E-state index contributed by atoms with van der Waals surface area (Å²) in [6.45, 7) is 0.178. The van der Waals surface area contributed by atoms with E-state index in [0.29, 0.717) is 32.3 Å². The van der Waals surface area contributed by atoms with Gasteiger partial charge in [-0.1, -0.05) is 108 Å². The van der Waals surface area contributed by atoms with Crippen molar-refractivity contribution in [1.29, 1.82) is 0 Å². The van der Waals surface area contributed by atoms with E-state index in [-0.39, 0.29) is 30.2 Å². The van der Waals surface area contributed by atoms with E-state index in [2.05, 4.69) is 5.32 Å². The third kappa shape index (κ3) is 8.80. The van der Waals surface area contributed by atoms with Gasteiger partial charge in [-0.3, -0.25) is 9.59 Å². The molecular formula is C31H32Cl4N2O2S. The average Bonchev–Trinajstić information content (AvgIpc) is 2.94. The largest absolute Gasteiger partial charge is 0.352 e. The van der Waals surface area contributed by atoms with Crippen LogP contribution in [-0.2, 0) is 28.3 Å². The Hall–Kier alpha value is -1.89. The highest BCUT2D eigenvalue weighted by molar-refractivity contribution is 7.99. The van der Waals surface area contributed by atoms with E-state index in [1.54, 1.807) is 41.3 Å². The molecule has 0 saturated heterocycles. The maximum absolute atomic E-state index is 13.9. The molecule has 0 bridgehead atoms. The third-order valence-electron chi connectivity index (χ3n) is 7.11. The molecule has 1 N–H and O–H groups in total. The highest BCUT2D eigenvalue weighted by Gasteiger charge is 2.32. The molecule has 0 aromatic heterocycles.